The Hall–Kier alpha value is -4.54. The smallest absolute Gasteiger partial charge is 0.407 e. The lowest BCUT2D eigenvalue weighted by Gasteiger charge is -2.20. The lowest BCUT2D eigenvalue weighted by atomic mass is 10.1. The molecule has 0 unspecified atom stereocenters. The monoisotopic (exact) mass is 577 g/mol. The molecule has 42 heavy (non-hydrogen) atoms. The molecule has 11 heteroatoms. The molecule has 1 aromatic heterocycles. The number of hydrogen-bond acceptors (Lipinski definition) is 9. The maximum Gasteiger partial charge on any atom is 0.407 e. The van der Waals surface area contributed by atoms with E-state index in [1.54, 1.807) is 47.1 Å². The Morgan fingerprint density at radius 2 is 1.81 bits per heavy atom. The van der Waals surface area contributed by atoms with E-state index < -0.39 is 11.7 Å². The molecule has 1 aliphatic rings. The molecule has 224 valence electrons. The summed E-state index contributed by atoms with van der Waals surface area (Å²) >= 11 is 0. The van der Waals surface area contributed by atoms with Gasteiger partial charge in [0.05, 0.1) is 14.2 Å². The molecular formula is C31H39N5O6. The van der Waals surface area contributed by atoms with E-state index in [0.29, 0.717) is 37.0 Å². The standard InChI is InChI=1S/C31H39N5O6/c1-20-8-10-25-21(16-20)12-15-36(25)29-34-18-24(27(37)32-13-7-14-33-30(38)42-31(2,3)4)28(35-29)41-19-22-17-23(39-5)9-11-26(22)40-6/h8-11,16-18H,7,12-15,19H2,1-6H3,(H,32,37)(H,33,38). The second-order valence-electron chi connectivity index (χ2n) is 10.9. The number of amides is 2. The van der Waals surface area contributed by atoms with Crippen LogP contribution in [-0.2, 0) is 17.8 Å². The fourth-order valence-corrected chi connectivity index (χ4v) is 4.52. The highest BCUT2D eigenvalue weighted by Crippen LogP contribution is 2.34. The molecule has 0 bridgehead atoms. The average molecular weight is 578 g/mol. The van der Waals surface area contributed by atoms with Gasteiger partial charge in [0.25, 0.3) is 5.91 Å². The third kappa shape index (κ3) is 7.80. The Bertz CT molecular complexity index is 1420. The number of alkyl carbamates (subject to hydrolysis) is 1. The summed E-state index contributed by atoms with van der Waals surface area (Å²) in [5.74, 6) is 1.49. The molecule has 0 fully saturated rings. The Morgan fingerprint density at radius 1 is 1.02 bits per heavy atom. The Balaban J connectivity index is 1.50. The van der Waals surface area contributed by atoms with Gasteiger partial charge in [-0.1, -0.05) is 17.7 Å². The Morgan fingerprint density at radius 3 is 2.55 bits per heavy atom. The summed E-state index contributed by atoms with van der Waals surface area (Å²) in [5, 5.41) is 5.55. The van der Waals surface area contributed by atoms with Crippen molar-refractivity contribution in [3.05, 3.63) is 64.8 Å². The number of ether oxygens (including phenoxy) is 4. The van der Waals surface area contributed by atoms with Crippen LogP contribution in [0.2, 0.25) is 0 Å². The first-order valence-corrected chi connectivity index (χ1v) is 13.9. The topological polar surface area (TPSA) is 124 Å². The van der Waals surface area contributed by atoms with Gasteiger partial charge < -0.3 is 34.5 Å². The predicted octanol–water partition coefficient (Wildman–Crippen LogP) is 4.72. The fourth-order valence-electron chi connectivity index (χ4n) is 4.52. The number of fused-ring (bicyclic) bond motifs is 1. The van der Waals surface area contributed by atoms with E-state index in [4.69, 9.17) is 23.9 Å². The number of hydrogen-bond donors (Lipinski definition) is 2. The van der Waals surface area contributed by atoms with Gasteiger partial charge in [-0.2, -0.15) is 4.98 Å². The van der Waals surface area contributed by atoms with Gasteiger partial charge in [-0.25, -0.2) is 9.78 Å². The summed E-state index contributed by atoms with van der Waals surface area (Å²) in [6, 6.07) is 11.7. The molecule has 3 aromatic rings. The van der Waals surface area contributed by atoms with Crippen molar-refractivity contribution >= 4 is 23.6 Å². The van der Waals surface area contributed by atoms with E-state index in [9.17, 15) is 9.59 Å². The summed E-state index contributed by atoms with van der Waals surface area (Å²) in [5.41, 5.74) is 3.81. The second-order valence-corrected chi connectivity index (χ2v) is 10.9. The number of nitrogens with one attached hydrogen (secondary N) is 2. The van der Waals surface area contributed by atoms with Crippen LogP contribution >= 0.6 is 0 Å². The lowest BCUT2D eigenvalue weighted by Crippen LogP contribution is -2.34. The number of anilines is 2. The van der Waals surface area contributed by atoms with Crippen LogP contribution in [0.15, 0.2) is 42.6 Å². The molecule has 4 rings (SSSR count). The maximum atomic E-state index is 13.2. The van der Waals surface area contributed by atoms with Crippen molar-refractivity contribution in [2.24, 2.45) is 0 Å². The second kappa shape index (κ2) is 13.4. The van der Waals surface area contributed by atoms with Gasteiger partial charge in [0, 0.05) is 37.1 Å². The molecule has 11 nitrogen and oxygen atoms in total. The zero-order chi connectivity index (χ0) is 30.3. The van der Waals surface area contributed by atoms with Gasteiger partial charge in [-0.15, -0.1) is 0 Å². The minimum atomic E-state index is -0.578. The zero-order valence-corrected chi connectivity index (χ0v) is 25.1. The highest BCUT2D eigenvalue weighted by molar-refractivity contribution is 5.96. The van der Waals surface area contributed by atoms with Crippen molar-refractivity contribution in [1.29, 1.82) is 0 Å². The normalized spacial score (nSPS) is 12.4. The van der Waals surface area contributed by atoms with Crippen LogP contribution in [0.5, 0.6) is 17.4 Å². The highest BCUT2D eigenvalue weighted by atomic mass is 16.6. The number of rotatable bonds is 11. The van der Waals surface area contributed by atoms with Crippen molar-refractivity contribution in [3.8, 4) is 17.4 Å². The van der Waals surface area contributed by atoms with Gasteiger partial charge in [0.2, 0.25) is 11.8 Å². The number of nitrogens with zero attached hydrogens (tertiary/aromatic N) is 3. The molecule has 0 aliphatic carbocycles. The quantitative estimate of drug-likeness (QED) is 0.312. The van der Waals surface area contributed by atoms with Crippen LogP contribution in [0.25, 0.3) is 0 Å². The van der Waals surface area contributed by atoms with Gasteiger partial charge >= 0.3 is 6.09 Å². The highest BCUT2D eigenvalue weighted by Gasteiger charge is 2.25. The minimum absolute atomic E-state index is 0.0900. The first-order valence-electron chi connectivity index (χ1n) is 13.9. The van der Waals surface area contributed by atoms with E-state index in [-0.39, 0.29) is 24.0 Å². The summed E-state index contributed by atoms with van der Waals surface area (Å²) < 4.78 is 22.2. The SMILES string of the molecule is COc1ccc(OC)c(COc2nc(N3CCc4cc(C)ccc43)ncc2C(=O)NCCCNC(=O)OC(C)(C)C)c1. The molecular weight excluding hydrogens is 538 g/mol. The van der Waals surface area contributed by atoms with Gasteiger partial charge in [0.1, 0.15) is 29.3 Å². The summed E-state index contributed by atoms with van der Waals surface area (Å²) in [6.07, 6.45) is 2.36. The van der Waals surface area contributed by atoms with E-state index in [1.165, 1.54) is 17.3 Å². The largest absolute Gasteiger partial charge is 0.497 e. The molecule has 2 N–H and O–H groups in total. The number of methoxy groups -OCH3 is 2. The third-order valence-electron chi connectivity index (χ3n) is 6.52. The first-order chi connectivity index (χ1) is 20.1. The van der Waals surface area contributed by atoms with Crippen molar-refractivity contribution in [1.82, 2.24) is 20.6 Å². The maximum absolute atomic E-state index is 13.2. The van der Waals surface area contributed by atoms with Crippen LogP contribution in [0.4, 0.5) is 16.4 Å². The van der Waals surface area contributed by atoms with Crippen molar-refractivity contribution in [2.75, 3.05) is 38.8 Å². The summed E-state index contributed by atoms with van der Waals surface area (Å²) in [4.78, 5) is 36.3. The van der Waals surface area contributed by atoms with Crippen molar-refractivity contribution in [2.45, 2.75) is 52.7 Å². The zero-order valence-electron chi connectivity index (χ0n) is 25.1. The van der Waals surface area contributed by atoms with Gasteiger partial charge in [-0.05, 0) is 70.4 Å². The van der Waals surface area contributed by atoms with Crippen LogP contribution in [0.3, 0.4) is 0 Å². The van der Waals surface area contributed by atoms with Crippen LogP contribution < -0.4 is 29.7 Å². The number of aryl methyl sites for hydroxylation is 1. The molecule has 0 radical (unpaired) electrons. The lowest BCUT2D eigenvalue weighted by molar-refractivity contribution is 0.0527. The van der Waals surface area contributed by atoms with Gasteiger partial charge in [-0.3, -0.25) is 4.79 Å². The van der Waals surface area contributed by atoms with Crippen LogP contribution in [0, 0.1) is 6.92 Å². The molecule has 0 saturated heterocycles. The molecule has 2 amide bonds. The van der Waals surface area contributed by atoms with E-state index in [1.807, 2.05) is 11.0 Å². The molecule has 1 aliphatic heterocycles. The van der Waals surface area contributed by atoms with Gasteiger partial charge in [0.15, 0.2) is 0 Å². The molecule has 2 aromatic carbocycles. The molecule has 0 atom stereocenters. The van der Waals surface area contributed by atoms with Crippen LogP contribution in [0.1, 0.15) is 54.2 Å². The van der Waals surface area contributed by atoms with Crippen LogP contribution in [-0.4, -0.2) is 61.4 Å². The van der Waals surface area contributed by atoms with E-state index in [2.05, 4.69) is 40.7 Å². The fraction of sp³-hybridized carbons (Fsp3) is 0.419. The van der Waals surface area contributed by atoms with Crippen molar-refractivity contribution in [3.63, 3.8) is 0 Å². The average Bonchev–Trinajstić information content (AvgIpc) is 3.37. The summed E-state index contributed by atoms with van der Waals surface area (Å²) in [7, 11) is 3.17. The third-order valence-corrected chi connectivity index (χ3v) is 6.52. The number of aromatic nitrogens is 2. The number of carbonyl (C=O) groups excluding carboxylic acids is 2. The van der Waals surface area contributed by atoms with Crippen molar-refractivity contribution < 1.29 is 28.5 Å². The number of benzene rings is 2. The predicted molar refractivity (Wildman–Crippen MR) is 159 cm³/mol. The molecule has 2 heterocycles. The Kier molecular flexibility index (Phi) is 9.72. The Labute approximate surface area is 246 Å². The summed E-state index contributed by atoms with van der Waals surface area (Å²) in [6.45, 7) is 8.94. The first kappa shape index (κ1) is 30.4. The minimum Gasteiger partial charge on any atom is -0.497 e. The van der Waals surface area contributed by atoms with E-state index in [0.717, 1.165) is 24.2 Å². The van der Waals surface area contributed by atoms with E-state index >= 15 is 0 Å². The number of carbonyl (C=O) groups is 2. The molecule has 0 spiro atoms. The molecule has 0 saturated carbocycles.